The van der Waals surface area contributed by atoms with E-state index in [1.807, 2.05) is 4.90 Å². The second-order valence-corrected chi connectivity index (χ2v) is 16.1. The predicted octanol–water partition coefficient (Wildman–Crippen LogP) is 6.03. The van der Waals surface area contributed by atoms with E-state index in [1.54, 1.807) is 0 Å². The monoisotopic (exact) mass is 647 g/mol. The van der Waals surface area contributed by atoms with Gasteiger partial charge in [-0.25, -0.2) is 4.99 Å². The highest BCUT2D eigenvalue weighted by molar-refractivity contribution is 7.98. The van der Waals surface area contributed by atoms with Crippen molar-refractivity contribution in [2.75, 3.05) is 38.6 Å². The van der Waals surface area contributed by atoms with Crippen molar-refractivity contribution in [2.24, 2.45) is 16.0 Å². The minimum absolute atomic E-state index is 0.0287. The van der Waals surface area contributed by atoms with Crippen LogP contribution in [0.5, 0.6) is 0 Å². The van der Waals surface area contributed by atoms with Gasteiger partial charge in [0, 0.05) is 60.3 Å². The lowest BCUT2D eigenvalue weighted by Crippen LogP contribution is -2.56. The molecule has 1 N–H and O–H groups in total. The maximum Gasteiger partial charge on any atom is 0.255 e. The minimum Gasteiger partial charge on any atom is -0.615 e. The van der Waals surface area contributed by atoms with Gasteiger partial charge in [-0.2, -0.15) is 0 Å². The van der Waals surface area contributed by atoms with E-state index in [2.05, 4.69) is 10.0 Å². The average molecular weight is 648 g/mol. The van der Waals surface area contributed by atoms with Crippen LogP contribution >= 0.6 is 0 Å². The maximum atomic E-state index is 14.8. The first-order valence-electron chi connectivity index (χ1n) is 17.6. The Labute approximate surface area is 269 Å². The van der Waals surface area contributed by atoms with Gasteiger partial charge in [0.05, 0.1) is 6.10 Å². The zero-order valence-electron chi connectivity index (χ0n) is 26.9. The summed E-state index contributed by atoms with van der Waals surface area (Å²) in [5, 5.41) is 12.7. The van der Waals surface area contributed by atoms with Crippen molar-refractivity contribution in [3.05, 3.63) is 21.6 Å². The van der Waals surface area contributed by atoms with Crippen LogP contribution in [0.4, 0.5) is 0 Å². The van der Waals surface area contributed by atoms with Crippen LogP contribution < -0.4 is 0 Å². The number of amides is 1. The topological polar surface area (TPSA) is 160 Å². The number of sulfone groups is 1. The number of aliphatic imine (C=N–C) groups is 1. The Morgan fingerprint density at radius 1 is 1.07 bits per heavy atom. The smallest absolute Gasteiger partial charge is 0.255 e. The second kappa shape index (κ2) is 16.2. The molecule has 1 amide bonds. The lowest BCUT2D eigenvalue weighted by molar-refractivity contribution is -0.140. The number of piperidine rings is 1. The van der Waals surface area contributed by atoms with E-state index in [-0.39, 0.29) is 48.5 Å². The Hall–Kier alpha value is -1.98. The normalized spacial score (nSPS) is 31.1. The number of azide groups is 1. The van der Waals surface area contributed by atoms with Crippen molar-refractivity contribution >= 4 is 22.0 Å². The van der Waals surface area contributed by atoms with E-state index in [1.165, 1.54) is 0 Å². The lowest BCUT2D eigenvalue weighted by atomic mass is 9.78. The number of aliphatic hydroxyl groups is 1. The average Bonchev–Trinajstić information content (AvgIpc) is 3.48. The molecule has 2 heterocycles. The fourth-order valence-electron chi connectivity index (χ4n) is 8.16. The molecule has 12 heteroatoms. The van der Waals surface area contributed by atoms with Gasteiger partial charge in [0.1, 0.15) is 11.0 Å². The number of hydrogen-bond acceptors (Lipinski definition) is 8. The predicted molar refractivity (Wildman–Crippen MR) is 174 cm³/mol. The molecule has 252 valence electrons. The molecular formula is C33H53N5O6S. The molecule has 2 aliphatic heterocycles. The highest BCUT2D eigenvalue weighted by atomic mass is 32.3. The van der Waals surface area contributed by atoms with Crippen molar-refractivity contribution in [2.45, 2.75) is 139 Å². The van der Waals surface area contributed by atoms with E-state index >= 15 is 0 Å². The Bertz CT molecular complexity index is 1170. The first-order chi connectivity index (χ1) is 21.9. The van der Waals surface area contributed by atoms with Crippen molar-refractivity contribution < 1.29 is 28.1 Å². The molecule has 45 heavy (non-hydrogen) atoms. The largest absolute Gasteiger partial charge is 0.615 e. The van der Waals surface area contributed by atoms with Gasteiger partial charge in [0.15, 0.2) is 17.5 Å². The summed E-state index contributed by atoms with van der Waals surface area (Å²) in [4.78, 5) is 25.0. The summed E-state index contributed by atoms with van der Waals surface area (Å²) < 4.78 is 40.4. The molecule has 11 nitrogen and oxygen atoms in total. The maximum absolute atomic E-state index is 14.8. The standard InChI is InChI=1S/C33H53N5O6S/c34-37-35-24-26-10-5-6-13-29(26)30-33(32(40)38-19-7-2-8-20-38,18-23-45(41,42)28-11-3-1-4-12-28)36-31(44-30)25-14-16-27(17-15-25)43-22-9-21-39/h25,27-28,30,39H,1-24H2/t25?,27?,30-,33-/m0/s1. The van der Waals surface area contributed by atoms with Crippen LogP contribution in [0.15, 0.2) is 21.3 Å². The van der Waals surface area contributed by atoms with E-state index in [4.69, 9.17) is 25.1 Å². The van der Waals surface area contributed by atoms with Crippen molar-refractivity contribution in [1.29, 1.82) is 0 Å². The lowest BCUT2D eigenvalue weighted by Gasteiger charge is -2.39. The van der Waals surface area contributed by atoms with Gasteiger partial charge in [-0.3, -0.25) is 4.79 Å². The van der Waals surface area contributed by atoms with Gasteiger partial charge in [0.25, 0.3) is 5.91 Å². The zero-order valence-corrected chi connectivity index (χ0v) is 27.7. The molecule has 0 aromatic heterocycles. The summed E-state index contributed by atoms with van der Waals surface area (Å²) in [5.41, 5.74) is 9.78. The van der Waals surface area contributed by atoms with Gasteiger partial charge in [-0.15, -0.1) is 4.21 Å². The van der Waals surface area contributed by atoms with Crippen LogP contribution in [-0.2, 0) is 28.7 Å². The number of rotatable bonds is 13. The molecule has 3 fully saturated rings. The zero-order chi connectivity index (χ0) is 31.7. The molecule has 0 radical (unpaired) electrons. The fraction of sp³-hybridized carbons (Fsp3) is 0.879. The number of carbonyl (C=O) groups excluding carboxylic acids is 1. The molecule has 0 bridgehead atoms. The minimum atomic E-state index is -3.43. The third-order valence-corrected chi connectivity index (χ3v) is 13.0. The Morgan fingerprint density at radius 3 is 2.49 bits per heavy atom. The van der Waals surface area contributed by atoms with E-state index in [0.29, 0.717) is 44.9 Å². The number of ether oxygens (including phenoxy) is 2. The molecule has 1 unspecified atom stereocenters. The molecule has 1 saturated heterocycles. The number of hydrogen-bond donors (Lipinski definition) is 1. The Kier molecular flexibility index (Phi) is 12.4. The summed E-state index contributed by atoms with van der Waals surface area (Å²) in [6.45, 7) is 2.17. The molecule has 3 atom stereocenters. The summed E-state index contributed by atoms with van der Waals surface area (Å²) in [7, 11) is -3.43. The summed E-state index contributed by atoms with van der Waals surface area (Å²) in [5.74, 6) is 0.415. The molecule has 0 aromatic carbocycles. The molecule has 0 aromatic rings. The quantitative estimate of drug-likeness (QED) is 0.0642. The van der Waals surface area contributed by atoms with Crippen LogP contribution in [0.3, 0.4) is 0 Å². The van der Waals surface area contributed by atoms with Gasteiger partial charge in [-0.1, -0.05) is 17.1 Å². The summed E-state index contributed by atoms with van der Waals surface area (Å²) in [6.07, 6.45) is 14.1. The molecule has 5 aliphatic rings. The van der Waals surface area contributed by atoms with Crippen molar-refractivity contribution in [3.63, 3.8) is 0 Å². The SMILES string of the molecule is [N-]=[N+]=NCC1=C([C@@H]2OC(C3CCC(OCCCO)CC3)=N[C@]2(CC[S+](=O)([O-])C2CCCCC2)C(=O)N2CCCCC2)CCCC1. The van der Waals surface area contributed by atoms with Crippen molar-refractivity contribution in [3.8, 4) is 0 Å². The first kappa shape index (κ1) is 34.4. The van der Waals surface area contributed by atoms with E-state index in [0.717, 1.165) is 101 Å². The van der Waals surface area contributed by atoms with Crippen LogP contribution in [0, 0.1) is 5.92 Å². The molecule has 3 aliphatic carbocycles. The number of nitrogens with zero attached hydrogens (tertiary/aromatic N) is 5. The fourth-order valence-corrected chi connectivity index (χ4v) is 10.1. The highest BCUT2D eigenvalue weighted by Gasteiger charge is 2.57. The van der Waals surface area contributed by atoms with Crippen LogP contribution in [0.2, 0.25) is 0 Å². The summed E-state index contributed by atoms with van der Waals surface area (Å²) >= 11 is 0. The van der Waals surface area contributed by atoms with E-state index in [9.17, 15) is 13.6 Å². The van der Waals surface area contributed by atoms with E-state index < -0.39 is 21.9 Å². The Morgan fingerprint density at radius 2 is 1.78 bits per heavy atom. The Balaban J connectivity index is 1.50. The summed E-state index contributed by atoms with van der Waals surface area (Å²) in [6, 6.07) is 0. The van der Waals surface area contributed by atoms with Crippen molar-refractivity contribution in [1.82, 2.24) is 4.90 Å². The third kappa shape index (κ3) is 8.30. The van der Waals surface area contributed by atoms with Gasteiger partial charge < -0.3 is 24.0 Å². The molecule has 5 rings (SSSR count). The highest BCUT2D eigenvalue weighted by Crippen LogP contribution is 2.45. The molecular weight excluding hydrogens is 594 g/mol. The van der Waals surface area contributed by atoms with Crippen LogP contribution in [-0.4, -0.2) is 88.0 Å². The number of aliphatic hydroxyl groups excluding tert-OH is 1. The van der Waals surface area contributed by atoms with Crippen LogP contribution in [0.1, 0.15) is 116 Å². The molecule has 2 saturated carbocycles. The van der Waals surface area contributed by atoms with Gasteiger partial charge in [0.2, 0.25) is 0 Å². The van der Waals surface area contributed by atoms with Gasteiger partial charge >= 0.3 is 0 Å². The third-order valence-electron chi connectivity index (χ3n) is 10.8. The number of carbonyl (C=O) groups is 1. The van der Waals surface area contributed by atoms with Crippen LogP contribution in [0.25, 0.3) is 10.4 Å². The van der Waals surface area contributed by atoms with Gasteiger partial charge in [-0.05, 0) is 114 Å². The first-order valence-corrected chi connectivity index (χ1v) is 19.3. The molecule has 0 spiro atoms. The number of likely N-dealkylation sites (tertiary alicyclic amines) is 1. The second-order valence-electron chi connectivity index (χ2n) is 13.7.